The van der Waals surface area contributed by atoms with Crippen molar-refractivity contribution in [3.63, 3.8) is 0 Å². The van der Waals surface area contributed by atoms with Gasteiger partial charge in [0, 0.05) is 34.4 Å². The molecule has 332 valence electrons. The molecule has 0 N–H and O–H groups in total. The van der Waals surface area contributed by atoms with Gasteiger partial charge in [0.2, 0.25) is 0 Å². The predicted molar refractivity (Wildman–Crippen MR) is 282 cm³/mol. The molecule has 0 fully saturated rings. The van der Waals surface area contributed by atoms with E-state index in [0.29, 0.717) is 21.9 Å². The highest BCUT2D eigenvalue weighted by molar-refractivity contribution is 6.34. The van der Waals surface area contributed by atoms with Gasteiger partial charge in [0.1, 0.15) is 23.3 Å². The first-order chi connectivity index (χ1) is 34.4. The minimum absolute atomic E-state index is 0.181. The second-order valence-corrected chi connectivity index (χ2v) is 17.6. The Labute approximate surface area is 403 Å². The summed E-state index contributed by atoms with van der Waals surface area (Å²) in [5, 5.41) is 4.24. The molecule has 0 atom stereocenters. The van der Waals surface area contributed by atoms with E-state index in [0.717, 1.165) is 100 Å². The zero-order valence-electron chi connectivity index (χ0n) is 37.6. The normalized spacial score (nSPS) is 11.4. The van der Waals surface area contributed by atoms with Crippen molar-refractivity contribution in [1.82, 2.24) is 0 Å². The molecule has 0 nitrogen and oxygen atoms in total. The summed E-state index contributed by atoms with van der Waals surface area (Å²) in [6, 6.07) is 76.9. The van der Waals surface area contributed by atoms with Crippen LogP contribution in [0.1, 0.15) is 0 Å². The third-order valence-electron chi connectivity index (χ3n) is 13.5. The van der Waals surface area contributed by atoms with Crippen LogP contribution in [0.3, 0.4) is 0 Å². The van der Waals surface area contributed by atoms with Crippen LogP contribution in [0.15, 0.2) is 243 Å². The van der Waals surface area contributed by atoms with E-state index in [9.17, 15) is 0 Å². The van der Waals surface area contributed by atoms with E-state index >= 15 is 17.6 Å². The smallest absolute Gasteiger partial charge is 0.133 e. The lowest BCUT2D eigenvalue weighted by molar-refractivity contribution is 0.585. The maximum atomic E-state index is 17.2. The number of rotatable bonds is 8. The minimum atomic E-state index is -0.743. The van der Waals surface area contributed by atoms with Gasteiger partial charge in [-0.05, 0) is 135 Å². The molecule has 0 aliphatic carbocycles. The molecular weight excluding hydrogens is 869 g/mol. The summed E-state index contributed by atoms with van der Waals surface area (Å²) in [6.45, 7) is 0. The molecule has 0 aliphatic heterocycles. The van der Waals surface area contributed by atoms with Gasteiger partial charge in [0.15, 0.2) is 0 Å². The van der Waals surface area contributed by atoms with E-state index in [2.05, 4.69) is 109 Å². The van der Waals surface area contributed by atoms with Crippen LogP contribution in [-0.2, 0) is 0 Å². The Morgan fingerprint density at radius 2 is 0.486 bits per heavy atom. The Morgan fingerprint density at radius 1 is 0.200 bits per heavy atom. The van der Waals surface area contributed by atoms with Crippen molar-refractivity contribution in [2.45, 2.75) is 0 Å². The van der Waals surface area contributed by atoms with E-state index in [1.54, 1.807) is 0 Å². The summed E-state index contributed by atoms with van der Waals surface area (Å²) >= 11 is 0. The van der Waals surface area contributed by atoms with Gasteiger partial charge in [-0.25, -0.2) is 17.6 Å². The SMILES string of the molecule is Fc1ccc(-c2c3cc(-c4ccccc4)ccc3c(-c3ccc(-c4ccccc4)cc3)c3c(-c4ccc(F)cc4F)c4cc(-c5ccccc5)ccc4c(-c4ccc(-c5ccccc5)cc4)c23)c(F)c1. The molecule has 0 unspecified atom stereocenters. The molecular formula is C66H40F4. The zero-order chi connectivity index (χ0) is 47.3. The van der Waals surface area contributed by atoms with Crippen LogP contribution in [0.25, 0.3) is 121 Å². The van der Waals surface area contributed by atoms with Crippen LogP contribution >= 0.6 is 0 Å². The number of hydrogen-bond donors (Lipinski definition) is 0. The summed E-state index contributed by atoms with van der Waals surface area (Å²) in [4.78, 5) is 0. The summed E-state index contributed by atoms with van der Waals surface area (Å²) in [6.07, 6.45) is 0. The van der Waals surface area contributed by atoms with Crippen molar-refractivity contribution in [2.75, 3.05) is 0 Å². The number of benzene rings is 12. The van der Waals surface area contributed by atoms with Gasteiger partial charge >= 0.3 is 0 Å². The summed E-state index contributed by atoms with van der Waals surface area (Å²) in [7, 11) is 0. The summed E-state index contributed by atoms with van der Waals surface area (Å²) in [5.41, 5.74) is 12.5. The molecule has 0 saturated carbocycles. The van der Waals surface area contributed by atoms with Gasteiger partial charge in [-0.1, -0.05) is 194 Å². The molecule has 12 rings (SSSR count). The van der Waals surface area contributed by atoms with E-state index in [4.69, 9.17) is 0 Å². The predicted octanol–water partition coefficient (Wildman–Crippen LogP) is 19.0. The highest BCUT2D eigenvalue weighted by atomic mass is 19.1. The first kappa shape index (κ1) is 42.5. The maximum Gasteiger partial charge on any atom is 0.133 e. The highest BCUT2D eigenvalue weighted by Gasteiger charge is 2.29. The molecule has 0 saturated heterocycles. The quantitative estimate of drug-likeness (QED) is 0.105. The Hall–Kier alpha value is -8.86. The van der Waals surface area contributed by atoms with E-state index in [1.165, 1.54) is 24.3 Å². The Bertz CT molecular complexity index is 3660. The largest absolute Gasteiger partial charge is 0.207 e. The van der Waals surface area contributed by atoms with E-state index in [-0.39, 0.29) is 11.1 Å². The molecule has 4 heteroatoms. The van der Waals surface area contributed by atoms with Crippen molar-refractivity contribution in [3.8, 4) is 89.0 Å². The summed E-state index contributed by atoms with van der Waals surface area (Å²) in [5.74, 6) is -2.90. The second-order valence-electron chi connectivity index (χ2n) is 17.6. The molecule has 0 amide bonds. The van der Waals surface area contributed by atoms with Crippen LogP contribution in [-0.4, -0.2) is 0 Å². The highest BCUT2D eigenvalue weighted by Crippen LogP contribution is 2.55. The molecule has 70 heavy (non-hydrogen) atoms. The average Bonchev–Trinajstić information content (AvgIpc) is 3.41. The van der Waals surface area contributed by atoms with E-state index < -0.39 is 23.3 Å². The number of halogens is 4. The van der Waals surface area contributed by atoms with Crippen molar-refractivity contribution in [2.24, 2.45) is 0 Å². The van der Waals surface area contributed by atoms with E-state index in [1.807, 2.05) is 97.1 Å². The lowest BCUT2D eigenvalue weighted by Crippen LogP contribution is -2.00. The van der Waals surface area contributed by atoms with Crippen molar-refractivity contribution >= 4 is 32.3 Å². The Balaban J connectivity index is 1.34. The van der Waals surface area contributed by atoms with Gasteiger partial charge in [-0.2, -0.15) is 0 Å². The molecule has 12 aromatic rings. The van der Waals surface area contributed by atoms with Crippen LogP contribution in [0.4, 0.5) is 17.6 Å². The molecule has 0 heterocycles. The standard InChI is InChI=1S/C66H40F4/c67-51-31-35-55(59(69)39-51)63-58-38-50(44-19-11-4-12-20-44)30-34-54(58)62(48-27-23-46(24-28-48)42-15-7-2-8-16-42)66-64(56-36-32-52(68)40-60(56)70)57-37-49(43-17-9-3-10-18-43)29-33-53(57)61(65(63)66)47-25-21-45(22-26-47)41-13-5-1-6-14-41/h1-40H. The molecule has 0 bridgehead atoms. The van der Waals surface area contributed by atoms with Crippen molar-refractivity contribution in [1.29, 1.82) is 0 Å². The Kier molecular flexibility index (Phi) is 10.7. The van der Waals surface area contributed by atoms with Crippen LogP contribution in [0, 0.1) is 23.3 Å². The monoisotopic (exact) mass is 908 g/mol. The van der Waals surface area contributed by atoms with Crippen LogP contribution < -0.4 is 0 Å². The molecule has 0 aromatic heterocycles. The zero-order valence-corrected chi connectivity index (χ0v) is 37.6. The molecule has 0 spiro atoms. The molecule has 12 aromatic carbocycles. The van der Waals surface area contributed by atoms with Gasteiger partial charge in [-0.3, -0.25) is 0 Å². The molecule has 0 aliphatic rings. The van der Waals surface area contributed by atoms with Crippen LogP contribution in [0.5, 0.6) is 0 Å². The number of hydrogen-bond acceptors (Lipinski definition) is 0. The third kappa shape index (κ3) is 7.51. The summed E-state index contributed by atoms with van der Waals surface area (Å²) < 4.78 is 64.7. The van der Waals surface area contributed by atoms with Gasteiger partial charge in [0.05, 0.1) is 0 Å². The fourth-order valence-electron chi connectivity index (χ4n) is 10.3. The van der Waals surface area contributed by atoms with Gasteiger partial charge in [0.25, 0.3) is 0 Å². The topological polar surface area (TPSA) is 0 Å². The van der Waals surface area contributed by atoms with Crippen molar-refractivity contribution < 1.29 is 17.6 Å². The fraction of sp³-hybridized carbons (Fsp3) is 0. The first-order valence-electron chi connectivity index (χ1n) is 23.2. The fourth-order valence-corrected chi connectivity index (χ4v) is 10.3. The van der Waals surface area contributed by atoms with Gasteiger partial charge in [-0.15, -0.1) is 0 Å². The third-order valence-corrected chi connectivity index (χ3v) is 13.5. The molecule has 0 radical (unpaired) electrons. The van der Waals surface area contributed by atoms with Gasteiger partial charge < -0.3 is 0 Å². The number of fused-ring (bicyclic) bond motifs is 3. The first-order valence-corrected chi connectivity index (χ1v) is 23.2. The lowest BCUT2D eigenvalue weighted by Gasteiger charge is -2.26. The minimum Gasteiger partial charge on any atom is -0.207 e. The Morgan fingerprint density at radius 3 is 0.814 bits per heavy atom. The lowest BCUT2D eigenvalue weighted by atomic mass is 9.76. The second kappa shape index (κ2) is 17.7. The van der Waals surface area contributed by atoms with Crippen molar-refractivity contribution in [3.05, 3.63) is 266 Å². The van der Waals surface area contributed by atoms with Crippen LogP contribution in [0.2, 0.25) is 0 Å². The average molecular weight is 909 g/mol. The maximum absolute atomic E-state index is 17.2.